The highest BCUT2D eigenvalue weighted by atomic mass is 16.1. The minimum atomic E-state index is 0.00306. The van der Waals surface area contributed by atoms with E-state index in [9.17, 15) is 4.79 Å². The molecule has 1 atom stereocenters. The average molecular weight is 272 g/mol. The topological polar surface area (TPSA) is 23.6 Å². The van der Waals surface area contributed by atoms with E-state index in [-0.39, 0.29) is 11.8 Å². The molecule has 20 heavy (non-hydrogen) atoms. The summed E-state index contributed by atoms with van der Waals surface area (Å²) in [7, 11) is 4.14. The van der Waals surface area contributed by atoms with Crippen LogP contribution >= 0.6 is 0 Å². The maximum atomic E-state index is 12.7. The molecule has 1 heterocycles. The van der Waals surface area contributed by atoms with E-state index in [1.165, 1.54) is 24.8 Å². The van der Waals surface area contributed by atoms with Gasteiger partial charge in [-0.3, -0.25) is 9.69 Å². The van der Waals surface area contributed by atoms with Crippen LogP contribution in [-0.4, -0.2) is 55.4 Å². The van der Waals surface area contributed by atoms with E-state index >= 15 is 0 Å². The lowest BCUT2D eigenvalue weighted by Gasteiger charge is -2.36. The highest BCUT2D eigenvalue weighted by molar-refractivity contribution is 6.00. The molecular weight excluding hydrogens is 248 g/mol. The summed E-state index contributed by atoms with van der Waals surface area (Å²) in [5.41, 5.74) is 2.27. The molecule has 1 unspecified atom stereocenters. The number of hydrogen-bond acceptors (Lipinski definition) is 3. The Morgan fingerprint density at radius 3 is 2.40 bits per heavy atom. The maximum Gasteiger partial charge on any atom is 0.181 e. The molecule has 0 aromatic heterocycles. The first-order chi connectivity index (χ1) is 9.65. The Labute approximate surface area is 121 Å². The molecule has 0 radical (unpaired) electrons. The second-order valence-electron chi connectivity index (χ2n) is 6.37. The molecule has 108 valence electrons. The van der Waals surface area contributed by atoms with Crippen molar-refractivity contribution in [3.63, 3.8) is 0 Å². The summed E-state index contributed by atoms with van der Waals surface area (Å²) in [4.78, 5) is 17.1. The van der Waals surface area contributed by atoms with Gasteiger partial charge in [0.1, 0.15) is 0 Å². The van der Waals surface area contributed by atoms with E-state index in [0.717, 1.165) is 31.1 Å². The smallest absolute Gasteiger partial charge is 0.181 e. The number of likely N-dealkylation sites (N-methyl/N-ethyl adjacent to an activating group) is 2. The highest BCUT2D eigenvalue weighted by Crippen LogP contribution is 2.36. The van der Waals surface area contributed by atoms with Crippen molar-refractivity contribution in [1.29, 1.82) is 0 Å². The number of benzene rings is 1. The minimum Gasteiger partial charge on any atom is -0.303 e. The SMILES string of the molecule is CN1CCN(C)C(C(=O)c2ccc(C3CCC3)cc2)C1. The lowest BCUT2D eigenvalue weighted by molar-refractivity contribution is 0.0686. The van der Waals surface area contributed by atoms with Crippen LogP contribution in [0.5, 0.6) is 0 Å². The molecule has 2 fully saturated rings. The van der Waals surface area contributed by atoms with Crippen molar-refractivity contribution in [2.45, 2.75) is 31.2 Å². The molecule has 0 spiro atoms. The van der Waals surface area contributed by atoms with Gasteiger partial charge >= 0.3 is 0 Å². The number of piperazine rings is 1. The summed E-state index contributed by atoms with van der Waals surface area (Å²) in [6.45, 7) is 2.84. The zero-order valence-electron chi connectivity index (χ0n) is 12.5. The van der Waals surface area contributed by atoms with Gasteiger partial charge in [-0.2, -0.15) is 0 Å². The Morgan fingerprint density at radius 2 is 1.80 bits per heavy atom. The molecule has 0 amide bonds. The van der Waals surface area contributed by atoms with Gasteiger partial charge < -0.3 is 4.90 Å². The van der Waals surface area contributed by atoms with Crippen LogP contribution in [0, 0.1) is 0 Å². The van der Waals surface area contributed by atoms with Gasteiger partial charge in [0.25, 0.3) is 0 Å². The van der Waals surface area contributed by atoms with Gasteiger partial charge in [0, 0.05) is 25.2 Å². The Bertz CT molecular complexity index is 478. The van der Waals surface area contributed by atoms with Gasteiger partial charge in [0.2, 0.25) is 0 Å². The number of Topliss-reactive ketones (excluding diaryl/α,β-unsaturated/α-hetero) is 1. The molecule has 1 aromatic rings. The standard InChI is InChI=1S/C17H24N2O/c1-18-10-11-19(2)16(12-18)17(20)15-8-6-14(7-9-15)13-4-3-5-13/h6-9,13,16H,3-5,10-12H2,1-2H3. The maximum absolute atomic E-state index is 12.7. The van der Waals surface area contributed by atoms with E-state index in [1.54, 1.807) is 0 Å². The average Bonchev–Trinajstić information content (AvgIpc) is 2.40. The first-order valence-electron chi connectivity index (χ1n) is 7.68. The number of nitrogens with zero attached hydrogens (tertiary/aromatic N) is 2. The summed E-state index contributed by atoms with van der Waals surface area (Å²) < 4.78 is 0. The van der Waals surface area contributed by atoms with Gasteiger partial charge in [-0.1, -0.05) is 30.7 Å². The van der Waals surface area contributed by atoms with Crippen LogP contribution in [0.25, 0.3) is 0 Å². The molecule has 1 aliphatic carbocycles. The molecule has 0 N–H and O–H groups in total. The van der Waals surface area contributed by atoms with Gasteiger partial charge in [0.15, 0.2) is 5.78 Å². The van der Waals surface area contributed by atoms with Crippen LogP contribution in [0.4, 0.5) is 0 Å². The van der Waals surface area contributed by atoms with E-state index in [1.807, 2.05) is 12.1 Å². The summed E-state index contributed by atoms with van der Waals surface area (Å²) in [6.07, 6.45) is 3.97. The Kier molecular flexibility index (Phi) is 3.90. The fraction of sp³-hybridized carbons (Fsp3) is 0.588. The van der Waals surface area contributed by atoms with E-state index in [0.29, 0.717) is 0 Å². The summed E-state index contributed by atoms with van der Waals surface area (Å²) in [5.74, 6) is 1.00. The summed E-state index contributed by atoms with van der Waals surface area (Å²) in [6, 6.07) is 8.37. The first kappa shape index (κ1) is 13.8. The predicted octanol–water partition coefficient (Wildman–Crippen LogP) is 2.38. The molecule has 1 aromatic carbocycles. The van der Waals surface area contributed by atoms with E-state index < -0.39 is 0 Å². The van der Waals surface area contributed by atoms with Crippen LogP contribution < -0.4 is 0 Å². The number of carbonyl (C=O) groups is 1. The second kappa shape index (κ2) is 5.66. The van der Waals surface area contributed by atoms with Crippen molar-refractivity contribution < 1.29 is 4.79 Å². The summed E-state index contributed by atoms with van der Waals surface area (Å²) in [5, 5.41) is 0. The molecule has 1 saturated carbocycles. The quantitative estimate of drug-likeness (QED) is 0.789. The Hall–Kier alpha value is -1.19. The Morgan fingerprint density at radius 1 is 1.10 bits per heavy atom. The third-order valence-corrected chi connectivity index (χ3v) is 4.93. The van der Waals surface area contributed by atoms with Crippen LogP contribution in [-0.2, 0) is 0 Å². The zero-order chi connectivity index (χ0) is 14.1. The lowest BCUT2D eigenvalue weighted by Crippen LogP contribution is -2.53. The molecule has 2 aliphatic rings. The monoisotopic (exact) mass is 272 g/mol. The molecule has 3 heteroatoms. The first-order valence-corrected chi connectivity index (χ1v) is 7.68. The van der Waals surface area contributed by atoms with Gasteiger partial charge in [-0.25, -0.2) is 0 Å². The number of rotatable bonds is 3. The lowest BCUT2D eigenvalue weighted by atomic mass is 9.80. The number of hydrogen-bond donors (Lipinski definition) is 0. The molecule has 1 aliphatic heterocycles. The van der Waals surface area contributed by atoms with Crippen molar-refractivity contribution in [3.8, 4) is 0 Å². The fourth-order valence-corrected chi connectivity index (χ4v) is 3.15. The molecule has 3 nitrogen and oxygen atoms in total. The molecular formula is C17H24N2O. The van der Waals surface area contributed by atoms with Crippen LogP contribution in [0.3, 0.4) is 0 Å². The Balaban J connectivity index is 1.72. The largest absolute Gasteiger partial charge is 0.303 e. The van der Waals surface area contributed by atoms with Crippen molar-refractivity contribution in [2.24, 2.45) is 0 Å². The van der Waals surface area contributed by atoms with Crippen molar-refractivity contribution >= 4 is 5.78 Å². The molecule has 1 saturated heterocycles. The van der Waals surface area contributed by atoms with E-state index in [2.05, 4.69) is 36.0 Å². The molecule has 0 bridgehead atoms. The second-order valence-corrected chi connectivity index (χ2v) is 6.37. The van der Waals surface area contributed by atoms with Gasteiger partial charge in [-0.05, 0) is 38.4 Å². The van der Waals surface area contributed by atoms with Crippen LogP contribution in [0.2, 0.25) is 0 Å². The zero-order valence-corrected chi connectivity index (χ0v) is 12.5. The summed E-state index contributed by atoms with van der Waals surface area (Å²) >= 11 is 0. The van der Waals surface area contributed by atoms with Crippen molar-refractivity contribution in [1.82, 2.24) is 9.80 Å². The van der Waals surface area contributed by atoms with Crippen LogP contribution in [0.1, 0.15) is 41.1 Å². The van der Waals surface area contributed by atoms with Gasteiger partial charge in [0.05, 0.1) is 6.04 Å². The number of ketones is 1. The third-order valence-electron chi connectivity index (χ3n) is 4.93. The fourth-order valence-electron chi connectivity index (χ4n) is 3.15. The van der Waals surface area contributed by atoms with E-state index in [4.69, 9.17) is 0 Å². The predicted molar refractivity (Wildman–Crippen MR) is 81.3 cm³/mol. The highest BCUT2D eigenvalue weighted by Gasteiger charge is 2.29. The third kappa shape index (κ3) is 2.65. The van der Waals surface area contributed by atoms with Crippen LogP contribution in [0.15, 0.2) is 24.3 Å². The van der Waals surface area contributed by atoms with Crippen molar-refractivity contribution in [3.05, 3.63) is 35.4 Å². The minimum absolute atomic E-state index is 0.00306. The normalized spacial score (nSPS) is 25.4. The molecule has 3 rings (SSSR count). The van der Waals surface area contributed by atoms with Crippen molar-refractivity contribution in [2.75, 3.05) is 33.7 Å². The van der Waals surface area contributed by atoms with Gasteiger partial charge in [-0.15, -0.1) is 0 Å². The number of carbonyl (C=O) groups excluding carboxylic acids is 1.